The number of aryl methyl sites for hydroxylation is 1. The SMILES string of the molecule is COc1ccc(-c2nc(N(Cc3ccccc3)C(=O)CN(C)C)sc2C)cc1. The number of ether oxygens (including phenoxy) is 1. The normalized spacial score (nSPS) is 10.9. The minimum atomic E-state index is 0.0314. The summed E-state index contributed by atoms with van der Waals surface area (Å²) in [6.45, 7) is 2.88. The van der Waals surface area contributed by atoms with E-state index in [4.69, 9.17) is 9.72 Å². The molecule has 3 aromatic rings. The predicted octanol–water partition coefficient (Wildman–Crippen LogP) is 4.22. The van der Waals surface area contributed by atoms with E-state index in [0.29, 0.717) is 13.1 Å². The molecule has 0 saturated heterocycles. The van der Waals surface area contributed by atoms with Gasteiger partial charge in [0, 0.05) is 10.4 Å². The van der Waals surface area contributed by atoms with E-state index in [1.54, 1.807) is 23.3 Å². The molecule has 1 heterocycles. The monoisotopic (exact) mass is 395 g/mol. The lowest BCUT2D eigenvalue weighted by molar-refractivity contribution is -0.119. The highest BCUT2D eigenvalue weighted by Gasteiger charge is 2.22. The first kappa shape index (κ1) is 20.0. The molecule has 6 heteroatoms. The molecule has 28 heavy (non-hydrogen) atoms. The first-order valence-electron chi connectivity index (χ1n) is 9.09. The number of anilines is 1. The van der Waals surface area contributed by atoms with E-state index in [9.17, 15) is 4.79 Å². The summed E-state index contributed by atoms with van der Waals surface area (Å²) in [5.41, 5.74) is 2.99. The number of benzene rings is 2. The van der Waals surface area contributed by atoms with Crippen molar-refractivity contribution in [3.05, 3.63) is 65.0 Å². The minimum Gasteiger partial charge on any atom is -0.497 e. The Hall–Kier alpha value is -2.70. The molecule has 3 rings (SSSR count). The summed E-state index contributed by atoms with van der Waals surface area (Å²) in [6.07, 6.45) is 0. The maximum absolute atomic E-state index is 12.9. The molecule has 0 aliphatic carbocycles. The van der Waals surface area contributed by atoms with Crippen molar-refractivity contribution in [2.24, 2.45) is 0 Å². The quantitative estimate of drug-likeness (QED) is 0.601. The van der Waals surface area contributed by atoms with Gasteiger partial charge in [0.05, 0.1) is 25.9 Å². The van der Waals surface area contributed by atoms with Crippen LogP contribution in [0.4, 0.5) is 5.13 Å². The van der Waals surface area contributed by atoms with E-state index in [-0.39, 0.29) is 5.91 Å². The zero-order chi connectivity index (χ0) is 20.1. The molecule has 146 valence electrons. The lowest BCUT2D eigenvalue weighted by atomic mass is 10.1. The summed E-state index contributed by atoms with van der Waals surface area (Å²) < 4.78 is 5.24. The van der Waals surface area contributed by atoms with Crippen LogP contribution in [0.2, 0.25) is 0 Å². The molecule has 0 saturated carbocycles. The van der Waals surface area contributed by atoms with Crippen molar-refractivity contribution >= 4 is 22.4 Å². The first-order chi connectivity index (χ1) is 13.5. The van der Waals surface area contributed by atoms with E-state index in [0.717, 1.165) is 32.6 Å². The molecule has 0 atom stereocenters. The number of aromatic nitrogens is 1. The minimum absolute atomic E-state index is 0.0314. The molecule has 0 aliphatic rings. The van der Waals surface area contributed by atoms with Crippen molar-refractivity contribution in [3.63, 3.8) is 0 Å². The van der Waals surface area contributed by atoms with Gasteiger partial charge in [-0.1, -0.05) is 30.3 Å². The third-order valence-electron chi connectivity index (χ3n) is 4.32. The van der Waals surface area contributed by atoms with Crippen LogP contribution in [0.15, 0.2) is 54.6 Å². The average Bonchev–Trinajstić information content (AvgIpc) is 3.07. The molecule has 5 nitrogen and oxygen atoms in total. The Labute approximate surface area is 170 Å². The molecule has 0 N–H and O–H groups in total. The molecule has 0 spiro atoms. The topological polar surface area (TPSA) is 45.7 Å². The van der Waals surface area contributed by atoms with Crippen LogP contribution < -0.4 is 9.64 Å². The summed E-state index contributed by atoms with van der Waals surface area (Å²) in [5, 5.41) is 0.721. The van der Waals surface area contributed by atoms with Gasteiger partial charge in [-0.3, -0.25) is 9.69 Å². The number of carbonyl (C=O) groups is 1. The van der Waals surface area contributed by atoms with Crippen molar-refractivity contribution in [3.8, 4) is 17.0 Å². The predicted molar refractivity (Wildman–Crippen MR) is 115 cm³/mol. The molecule has 2 aromatic carbocycles. The van der Waals surface area contributed by atoms with Crippen molar-refractivity contribution in [2.75, 3.05) is 32.6 Å². The first-order valence-corrected chi connectivity index (χ1v) is 9.90. The van der Waals surface area contributed by atoms with Gasteiger partial charge in [-0.15, -0.1) is 11.3 Å². The smallest absolute Gasteiger partial charge is 0.243 e. The summed E-state index contributed by atoms with van der Waals surface area (Å²) in [6, 6.07) is 17.8. The maximum Gasteiger partial charge on any atom is 0.243 e. The Kier molecular flexibility index (Phi) is 6.44. The molecule has 0 unspecified atom stereocenters. The van der Waals surface area contributed by atoms with Gasteiger partial charge in [0.25, 0.3) is 0 Å². The second-order valence-electron chi connectivity index (χ2n) is 6.83. The van der Waals surface area contributed by atoms with Crippen LogP contribution in [0.25, 0.3) is 11.3 Å². The van der Waals surface area contributed by atoms with E-state index >= 15 is 0 Å². The average molecular weight is 396 g/mol. The molecule has 0 aliphatic heterocycles. The second kappa shape index (κ2) is 8.99. The Bertz CT molecular complexity index is 921. The summed E-state index contributed by atoms with van der Waals surface area (Å²) in [5.74, 6) is 0.840. The van der Waals surface area contributed by atoms with Crippen LogP contribution in [0.3, 0.4) is 0 Å². The standard InChI is InChI=1S/C22H25N3O2S/c1-16-21(18-10-12-19(27-4)13-11-18)23-22(28-16)25(20(26)15-24(2)3)14-17-8-6-5-7-9-17/h5-13H,14-15H2,1-4H3. The van der Waals surface area contributed by atoms with Crippen LogP contribution in [-0.2, 0) is 11.3 Å². The molecule has 0 bridgehead atoms. The maximum atomic E-state index is 12.9. The van der Waals surface area contributed by atoms with Crippen molar-refractivity contribution in [2.45, 2.75) is 13.5 Å². The highest BCUT2D eigenvalue weighted by molar-refractivity contribution is 7.16. The third-order valence-corrected chi connectivity index (χ3v) is 5.31. The number of nitrogens with zero attached hydrogens (tertiary/aromatic N) is 3. The molecule has 1 aromatic heterocycles. The number of likely N-dealkylation sites (N-methyl/N-ethyl adjacent to an activating group) is 1. The van der Waals surface area contributed by atoms with Crippen LogP contribution in [0, 0.1) is 6.92 Å². The summed E-state index contributed by atoms with van der Waals surface area (Å²) in [4.78, 5) is 22.5. The summed E-state index contributed by atoms with van der Waals surface area (Å²) in [7, 11) is 5.45. The van der Waals surface area contributed by atoms with Gasteiger partial charge < -0.3 is 9.64 Å². The Morgan fingerprint density at radius 1 is 1.07 bits per heavy atom. The molecule has 1 amide bonds. The van der Waals surface area contributed by atoms with E-state index in [1.807, 2.05) is 80.5 Å². The number of amides is 1. The largest absolute Gasteiger partial charge is 0.497 e. The molecule has 0 fully saturated rings. The van der Waals surface area contributed by atoms with Crippen LogP contribution >= 0.6 is 11.3 Å². The highest BCUT2D eigenvalue weighted by Crippen LogP contribution is 2.34. The Balaban J connectivity index is 1.94. The summed E-state index contributed by atoms with van der Waals surface area (Å²) >= 11 is 1.55. The zero-order valence-corrected chi connectivity index (χ0v) is 17.5. The van der Waals surface area contributed by atoms with Gasteiger partial charge in [0.1, 0.15) is 5.75 Å². The number of rotatable bonds is 7. The lowest BCUT2D eigenvalue weighted by Gasteiger charge is -2.22. The number of carbonyl (C=O) groups excluding carboxylic acids is 1. The lowest BCUT2D eigenvalue weighted by Crippen LogP contribution is -2.37. The van der Waals surface area contributed by atoms with E-state index < -0.39 is 0 Å². The molecule has 0 radical (unpaired) electrons. The number of hydrogen-bond donors (Lipinski definition) is 0. The Morgan fingerprint density at radius 2 is 1.75 bits per heavy atom. The van der Waals surface area contributed by atoms with Crippen LogP contribution in [0.5, 0.6) is 5.75 Å². The zero-order valence-electron chi connectivity index (χ0n) is 16.7. The van der Waals surface area contributed by atoms with Gasteiger partial charge in [0.2, 0.25) is 5.91 Å². The highest BCUT2D eigenvalue weighted by atomic mass is 32.1. The molecular weight excluding hydrogens is 370 g/mol. The fourth-order valence-corrected chi connectivity index (χ4v) is 3.85. The Morgan fingerprint density at radius 3 is 2.36 bits per heavy atom. The fraction of sp³-hybridized carbons (Fsp3) is 0.273. The second-order valence-corrected chi connectivity index (χ2v) is 8.01. The van der Waals surface area contributed by atoms with Crippen molar-refractivity contribution in [1.29, 1.82) is 0 Å². The van der Waals surface area contributed by atoms with Gasteiger partial charge in [-0.25, -0.2) is 4.98 Å². The van der Waals surface area contributed by atoms with Crippen molar-refractivity contribution < 1.29 is 9.53 Å². The van der Waals surface area contributed by atoms with Crippen LogP contribution in [0.1, 0.15) is 10.4 Å². The number of hydrogen-bond acceptors (Lipinski definition) is 5. The number of methoxy groups -OCH3 is 1. The van der Waals surface area contributed by atoms with E-state index in [2.05, 4.69) is 0 Å². The number of thiazole rings is 1. The van der Waals surface area contributed by atoms with Crippen LogP contribution in [-0.4, -0.2) is 43.5 Å². The molecular formula is C22H25N3O2S. The van der Waals surface area contributed by atoms with Gasteiger partial charge in [-0.2, -0.15) is 0 Å². The van der Waals surface area contributed by atoms with Gasteiger partial charge >= 0.3 is 0 Å². The van der Waals surface area contributed by atoms with Gasteiger partial charge in [-0.05, 0) is 50.8 Å². The van der Waals surface area contributed by atoms with Crippen molar-refractivity contribution in [1.82, 2.24) is 9.88 Å². The van der Waals surface area contributed by atoms with E-state index in [1.165, 1.54) is 0 Å². The third kappa shape index (κ3) is 4.77. The van der Waals surface area contributed by atoms with Gasteiger partial charge in [0.15, 0.2) is 5.13 Å². The fourth-order valence-electron chi connectivity index (χ4n) is 2.90.